The lowest BCUT2D eigenvalue weighted by molar-refractivity contribution is 0.231. The lowest BCUT2D eigenvalue weighted by atomic mass is 9.93. The minimum absolute atomic E-state index is 0.0640. The Morgan fingerprint density at radius 2 is 2.10 bits per heavy atom. The first-order chi connectivity index (χ1) is 9.92. The molecule has 4 heteroatoms. The minimum Gasteiger partial charge on any atom is -0.488 e. The van der Waals surface area contributed by atoms with Gasteiger partial charge in [0.15, 0.2) is 11.6 Å². The van der Waals surface area contributed by atoms with Crippen LogP contribution in [0.5, 0.6) is 5.75 Å². The van der Waals surface area contributed by atoms with E-state index in [2.05, 4.69) is 19.2 Å². The molecule has 0 amide bonds. The molecular weight excluding hydrogens is 267 g/mol. The van der Waals surface area contributed by atoms with E-state index in [0.29, 0.717) is 17.6 Å². The highest BCUT2D eigenvalue weighted by Crippen LogP contribution is 2.37. The Bertz CT molecular complexity index is 490. The summed E-state index contributed by atoms with van der Waals surface area (Å²) in [4.78, 5) is 0. The van der Waals surface area contributed by atoms with E-state index in [4.69, 9.17) is 10.5 Å². The number of nitrogens with one attached hydrogen (secondary N) is 1. The van der Waals surface area contributed by atoms with E-state index in [-0.39, 0.29) is 11.9 Å². The summed E-state index contributed by atoms with van der Waals surface area (Å²) in [6.07, 6.45) is 3.52. The van der Waals surface area contributed by atoms with Gasteiger partial charge in [0.1, 0.15) is 0 Å². The van der Waals surface area contributed by atoms with E-state index in [0.717, 1.165) is 18.0 Å². The van der Waals surface area contributed by atoms with Gasteiger partial charge in [-0.15, -0.1) is 0 Å². The average Bonchev–Trinajstić information content (AvgIpc) is 2.75. The number of halogens is 1. The molecule has 1 aliphatic rings. The van der Waals surface area contributed by atoms with E-state index in [1.165, 1.54) is 18.9 Å². The Hall–Kier alpha value is -1.45. The molecule has 0 aromatic heterocycles. The van der Waals surface area contributed by atoms with Gasteiger partial charge in [0.2, 0.25) is 0 Å². The van der Waals surface area contributed by atoms with Gasteiger partial charge in [-0.05, 0) is 38.5 Å². The quantitative estimate of drug-likeness (QED) is 0.790. The van der Waals surface area contributed by atoms with Gasteiger partial charge in [0.05, 0.1) is 17.5 Å². The highest BCUT2D eigenvalue weighted by atomic mass is 19.1. The highest BCUT2D eigenvalue weighted by molar-refractivity contribution is 5.69. The molecular formula is C17H27FN2O. The second kappa shape index (κ2) is 6.54. The van der Waals surface area contributed by atoms with Crippen LogP contribution in [-0.4, -0.2) is 12.1 Å². The molecule has 3 nitrogen and oxygen atoms in total. The van der Waals surface area contributed by atoms with Gasteiger partial charge < -0.3 is 15.8 Å². The first kappa shape index (κ1) is 15.9. The molecule has 0 radical (unpaired) electrons. The summed E-state index contributed by atoms with van der Waals surface area (Å²) >= 11 is 0. The summed E-state index contributed by atoms with van der Waals surface area (Å²) in [5.41, 5.74) is 7.17. The molecule has 21 heavy (non-hydrogen) atoms. The second-order valence-electron chi connectivity index (χ2n) is 6.39. The summed E-state index contributed by atoms with van der Waals surface area (Å²) in [5.74, 6) is 1.22. The van der Waals surface area contributed by atoms with Crippen LogP contribution in [0.3, 0.4) is 0 Å². The van der Waals surface area contributed by atoms with Crippen LogP contribution in [0.1, 0.15) is 47.0 Å². The normalized spacial score (nSPS) is 25.3. The van der Waals surface area contributed by atoms with Gasteiger partial charge in [-0.2, -0.15) is 0 Å². The predicted octanol–water partition coefficient (Wildman–Crippen LogP) is 4.43. The summed E-state index contributed by atoms with van der Waals surface area (Å²) in [6.45, 7) is 8.29. The van der Waals surface area contributed by atoms with E-state index in [1.54, 1.807) is 6.07 Å². The molecule has 118 valence electrons. The molecule has 0 saturated heterocycles. The molecule has 0 spiro atoms. The van der Waals surface area contributed by atoms with Crippen molar-refractivity contribution in [2.24, 2.45) is 11.8 Å². The molecule has 1 fully saturated rings. The number of benzene rings is 1. The molecule has 2 rings (SSSR count). The van der Waals surface area contributed by atoms with Crippen molar-refractivity contribution in [1.82, 2.24) is 0 Å². The molecule has 1 aromatic carbocycles. The number of nitrogens with two attached hydrogens (primary N) is 1. The van der Waals surface area contributed by atoms with Crippen molar-refractivity contribution in [2.75, 3.05) is 11.1 Å². The number of hydrogen-bond donors (Lipinski definition) is 2. The predicted molar refractivity (Wildman–Crippen MR) is 86.2 cm³/mol. The standard InChI is InChI=1S/C17H27FN2O/c1-5-12-6-7-15(11(12)4)20-16-9-17(21-10(2)3)13(18)8-14(16)19/h8-12,15,20H,5-7,19H2,1-4H3. The highest BCUT2D eigenvalue weighted by Gasteiger charge is 2.31. The Labute approximate surface area is 127 Å². The van der Waals surface area contributed by atoms with Crippen LogP contribution >= 0.6 is 0 Å². The Morgan fingerprint density at radius 3 is 2.67 bits per heavy atom. The van der Waals surface area contributed by atoms with Crippen LogP contribution in [0, 0.1) is 17.7 Å². The van der Waals surface area contributed by atoms with Crippen molar-refractivity contribution in [1.29, 1.82) is 0 Å². The third-order valence-corrected chi connectivity index (χ3v) is 4.56. The van der Waals surface area contributed by atoms with Crippen molar-refractivity contribution in [3.8, 4) is 5.75 Å². The van der Waals surface area contributed by atoms with E-state index in [9.17, 15) is 4.39 Å². The van der Waals surface area contributed by atoms with Gasteiger partial charge in [0, 0.05) is 18.2 Å². The fourth-order valence-electron chi connectivity index (χ4n) is 3.27. The van der Waals surface area contributed by atoms with Crippen molar-refractivity contribution < 1.29 is 9.13 Å². The van der Waals surface area contributed by atoms with E-state index in [1.807, 2.05) is 13.8 Å². The third-order valence-electron chi connectivity index (χ3n) is 4.56. The minimum atomic E-state index is -0.405. The molecule has 3 unspecified atom stereocenters. The van der Waals surface area contributed by atoms with Crippen molar-refractivity contribution in [3.05, 3.63) is 17.9 Å². The fourth-order valence-corrected chi connectivity index (χ4v) is 3.27. The molecule has 3 N–H and O–H groups in total. The summed E-state index contributed by atoms with van der Waals surface area (Å²) in [6, 6.07) is 3.43. The Kier molecular flexibility index (Phi) is 4.96. The van der Waals surface area contributed by atoms with Crippen LogP contribution in [0.4, 0.5) is 15.8 Å². The Balaban J connectivity index is 2.16. The monoisotopic (exact) mass is 294 g/mol. The first-order valence-corrected chi connectivity index (χ1v) is 7.94. The number of ether oxygens (including phenoxy) is 1. The van der Waals surface area contributed by atoms with E-state index < -0.39 is 5.82 Å². The van der Waals surface area contributed by atoms with Crippen molar-refractivity contribution in [3.63, 3.8) is 0 Å². The molecule has 0 heterocycles. The third kappa shape index (κ3) is 3.60. The largest absolute Gasteiger partial charge is 0.488 e. The number of rotatable bonds is 5. The SMILES string of the molecule is CCC1CCC(Nc2cc(OC(C)C)c(F)cc2N)C1C. The molecule has 1 saturated carbocycles. The summed E-state index contributed by atoms with van der Waals surface area (Å²) in [5, 5.41) is 3.49. The lowest BCUT2D eigenvalue weighted by Crippen LogP contribution is -2.25. The van der Waals surface area contributed by atoms with Crippen molar-refractivity contribution >= 4 is 11.4 Å². The number of hydrogen-bond acceptors (Lipinski definition) is 3. The Morgan fingerprint density at radius 1 is 1.38 bits per heavy atom. The maximum absolute atomic E-state index is 13.9. The van der Waals surface area contributed by atoms with Crippen molar-refractivity contribution in [2.45, 2.75) is 59.1 Å². The zero-order valence-corrected chi connectivity index (χ0v) is 13.4. The first-order valence-electron chi connectivity index (χ1n) is 7.94. The molecule has 1 aromatic rings. The van der Waals surface area contributed by atoms with Crippen LogP contribution in [0.25, 0.3) is 0 Å². The van der Waals surface area contributed by atoms with Gasteiger partial charge in [-0.25, -0.2) is 4.39 Å². The zero-order valence-electron chi connectivity index (χ0n) is 13.4. The lowest BCUT2D eigenvalue weighted by Gasteiger charge is -2.23. The molecule has 0 bridgehead atoms. The van der Waals surface area contributed by atoms with Gasteiger partial charge in [-0.3, -0.25) is 0 Å². The van der Waals surface area contributed by atoms with Gasteiger partial charge >= 0.3 is 0 Å². The maximum Gasteiger partial charge on any atom is 0.167 e. The van der Waals surface area contributed by atoms with Gasteiger partial charge in [0.25, 0.3) is 0 Å². The maximum atomic E-state index is 13.9. The second-order valence-corrected chi connectivity index (χ2v) is 6.39. The van der Waals surface area contributed by atoms with Crippen LogP contribution in [-0.2, 0) is 0 Å². The van der Waals surface area contributed by atoms with Gasteiger partial charge in [-0.1, -0.05) is 20.3 Å². The van der Waals surface area contributed by atoms with Crippen LogP contribution in [0.2, 0.25) is 0 Å². The molecule has 0 aliphatic heterocycles. The van der Waals surface area contributed by atoms with E-state index >= 15 is 0 Å². The molecule has 3 atom stereocenters. The van der Waals surface area contributed by atoms with Crippen LogP contribution < -0.4 is 15.8 Å². The fraction of sp³-hybridized carbons (Fsp3) is 0.647. The summed E-state index contributed by atoms with van der Waals surface area (Å²) in [7, 11) is 0. The average molecular weight is 294 g/mol. The topological polar surface area (TPSA) is 47.3 Å². The van der Waals surface area contributed by atoms with Crippen LogP contribution in [0.15, 0.2) is 12.1 Å². The molecule has 1 aliphatic carbocycles. The smallest absolute Gasteiger partial charge is 0.167 e. The number of nitrogen functional groups attached to an aromatic ring is 1. The summed E-state index contributed by atoms with van der Waals surface area (Å²) < 4.78 is 19.4. The number of anilines is 2. The zero-order chi connectivity index (χ0) is 15.6.